The van der Waals surface area contributed by atoms with Crippen LogP contribution in [0.4, 0.5) is 5.69 Å². The maximum Gasteiger partial charge on any atom is 0.303 e. The van der Waals surface area contributed by atoms with Crippen molar-refractivity contribution in [2.75, 3.05) is 19.0 Å². The third-order valence-electron chi connectivity index (χ3n) is 2.08. The van der Waals surface area contributed by atoms with Crippen molar-refractivity contribution in [2.24, 2.45) is 0 Å². The van der Waals surface area contributed by atoms with Crippen LogP contribution in [0, 0.1) is 0 Å². The van der Waals surface area contributed by atoms with Crippen LogP contribution in [0.25, 0.3) is 0 Å². The first-order valence-electron chi connectivity index (χ1n) is 4.57. The van der Waals surface area contributed by atoms with Gasteiger partial charge >= 0.3 is 5.97 Å². The number of carboxylic acid groups (broad SMARTS) is 1. The number of benzene rings is 1. The van der Waals surface area contributed by atoms with E-state index in [9.17, 15) is 4.79 Å². The first-order valence-corrected chi connectivity index (χ1v) is 4.57. The van der Waals surface area contributed by atoms with Crippen LogP contribution in [-0.2, 0) is 11.2 Å². The first-order chi connectivity index (χ1) is 6.59. The summed E-state index contributed by atoms with van der Waals surface area (Å²) in [7, 11) is 3.96. The highest BCUT2D eigenvalue weighted by Gasteiger charge is 1.99. The Bertz CT molecular complexity index is 309. The molecule has 84 valence electrons. The maximum atomic E-state index is 10.3. The molecule has 0 saturated carbocycles. The first kappa shape index (κ1) is 13.8. The summed E-state index contributed by atoms with van der Waals surface area (Å²) in [6.07, 6.45) is 0.796. The minimum atomic E-state index is -0.748. The molecule has 0 amide bonds. The molecule has 0 aliphatic rings. The fourth-order valence-electron chi connectivity index (χ4n) is 1.21. The molecule has 1 aromatic rings. The van der Waals surface area contributed by atoms with E-state index < -0.39 is 5.97 Å². The fourth-order valence-corrected chi connectivity index (χ4v) is 1.21. The Hall–Kier alpha value is -1.22. The lowest BCUT2D eigenvalue weighted by Crippen LogP contribution is -2.08. The van der Waals surface area contributed by atoms with Gasteiger partial charge in [-0.2, -0.15) is 0 Å². The fraction of sp³-hybridized carbons (Fsp3) is 0.364. The Balaban J connectivity index is 0.00000196. The number of hydrogen-bond donors (Lipinski definition) is 1. The number of carbonyl (C=O) groups is 1. The van der Waals surface area contributed by atoms with E-state index in [0.29, 0.717) is 6.42 Å². The highest BCUT2D eigenvalue weighted by atomic mass is 35.5. The number of carboxylic acids is 1. The van der Waals surface area contributed by atoms with Crippen LogP contribution in [0.5, 0.6) is 0 Å². The van der Waals surface area contributed by atoms with Crippen molar-refractivity contribution < 1.29 is 9.90 Å². The summed E-state index contributed by atoms with van der Waals surface area (Å²) in [6.45, 7) is 0. The van der Waals surface area contributed by atoms with Crippen LogP contribution in [0.3, 0.4) is 0 Å². The molecule has 3 nitrogen and oxygen atoms in total. The van der Waals surface area contributed by atoms with Crippen molar-refractivity contribution in [1.29, 1.82) is 0 Å². The van der Waals surface area contributed by atoms with Gasteiger partial charge < -0.3 is 10.0 Å². The second-order valence-corrected chi connectivity index (χ2v) is 3.45. The normalized spacial score (nSPS) is 9.20. The molecule has 1 N–H and O–H groups in total. The summed E-state index contributed by atoms with van der Waals surface area (Å²) in [5.74, 6) is -0.748. The molecule has 0 saturated heterocycles. The van der Waals surface area contributed by atoms with Gasteiger partial charge in [0.15, 0.2) is 0 Å². The van der Waals surface area contributed by atoms with Gasteiger partial charge in [-0.15, -0.1) is 12.4 Å². The van der Waals surface area contributed by atoms with E-state index in [1.807, 2.05) is 43.3 Å². The van der Waals surface area contributed by atoms with Gasteiger partial charge in [-0.05, 0) is 24.1 Å². The molecule has 15 heavy (non-hydrogen) atoms. The van der Waals surface area contributed by atoms with E-state index in [4.69, 9.17) is 5.11 Å². The molecular weight excluding hydrogens is 214 g/mol. The molecule has 1 aromatic carbocycles. The number of aliphatic carboxylic acids is 1. The zero-order valence-electron chi connectivity index (χ0n) is 8.93. The van der Waals surface area contributed by atoms with E-state index in [0.717, 1.165) is 11.3 Å². The van der Waals surface area contributed by atoms with Gasteiger partial charge in [0.2, 0.25) is 0 Å². The van der Waals surface area contributed by atoms with E-state index in [1.54, 1.807) is 0 Å². The zero-order chi connectivity index (χ0) is 10.6. The summed E-state index contributed by atoms with van der Waals surface area (Å²) in [5.41, 5.74) is 2.20. The van der Waals surface area contributed by atoms with E-state index in [1.165, 1.54) is 0 Å². The number of rotatable bonds is 4. The van der Waals surface area contributed by atoms with Crippen LogP contribution in [0.1, 0.15) is 12.0 Å². The summed E-state index contributed by atoms with van der Waals surface area (Å²) in [6, 6.07) is 7.94. The third kappa shape index (κ3) is 4.70. The second kappa shape index (κ2) is 6.30. The van der Waals surface area contributed by atoms with Crippen molar-refractivity contribution in [3.05, 3.63) is 29.8 Å². The molecule has 0 radical (unpaired) electrons. The topological polar surface area (TPSA) is 40.5 Å². The summed E-state index contributed by atoms with van der Waals surface area (Å²) in [5, 5.41) is 8.51. The maximum absolute atomic E-state index is 10.3. The van der Waals surface area contributed by atoms with Gasteiger partial charge in [-0.3, -0.25) is 4.79 Å². The van der Waals surface area contributed by atoms with Crippen molar-refractivity contribution in [1.82, 2.24) is 0 Å². The molecule has 4 heteroatoms. The molecule has 0 fully saturated rings. The van der Waals surface area contributed by atoms with Crippen LogP contribution in [0.15, 0.2) is 24.3 Å². The summed E-state index contributed by atoms with van der Waals surface area (Å²) >= 11 is 0. The van der Waals surface area contributed by atoms with Crippen LogP contribution in [-0.4, -0.2) is 25.2 Å². The summed E-state index contributed by atoms with van der Waals surface area (Å²) in [4.78, 5) is 12.4. The SMILES string of the molecule is CN(C)c1ccc(CCC(=O)O)cc1.Cl. The van der Waals surface area contributed by atoms with Gasteiger partial charge in [0, 0.05) is 26.2 Å². The Morgan fingerprint density at radius 3 is 2.20 bits per heavy atom. The van der Waals surface area contributed by atoms with Gasteiger partial charge in [0.25, 0.3) is 0 Å². The van der Waals surface area contributed by atoms with E-state index >= 15 is 0 Å². The van der Waals surface area contributed by atoms with Gasteiger partial charge in [-0.25, -0.2) is 0 Å². The largest absolute Gasteiger partial charge is 0.481 e. The van der Waals surface area contributed by atoms with Crippen LogP contribution < -0.4 is 4.90 Å². The predicted molar refractivity (Wildman–Crippen MR) is 64.0 cm³/mol. The summed E-state index contributed by atoms with van der Waals surface area (Å²) < 4.78 is 0. The Kier molecular flexibility index (Phi) is 5.79. The zero-order valence-corrected chi connectivity index (χ0v) is 9.75. The molecule has 0 atom stereocenters. The van der Waals surface area contributed by atoms with Crippen LogP contribution >= 0.6 is 12.4 Å². The molecule has 0 spiro atoms. The third-order valence-corrected chi connectivity index (χ3v) is 2.08. The van der Waals surface area contributed by atoms with Crippen molar-refractivity contribution in [2.45, 2.75) is 12.8 Å². The lowest BCUT2D eigenvalue weighted by molar-refractivity contribution is -0.136. The Morgan fingerprint density at radius 1 is 1.27 bits per heavy atom. The average Bonchev–Trinajstić information content (AvgIpc) is 2.15. The van der Waals surface area contributed by atoms with Crippen molar-refractivity contribution in [3.63, 3.8) is 0 Å². The molecule has 1 rings (SSSR count). The molecule has 0 aliphatic carbocycles. The molecule has 0 aliphatic heterocycles. The Morgan fingerprint density at radius 2 is 1.80 bits per heavy atom. The molecule has 0 unspecified atom stereocenters. The van der Waals surface area contributed by atoms with Crippen molar-refractivity contribution in [3.8, 4) is 0 Å². The highest BCUT2D eigenvalue weighted by Crippen LogP contribution is 2.13. The molecular formula is C11H16ClNO2. The standard InChI is InChI=1S/C11H15NO2.ClH/c1-12(2)10-6-3-9(4-7-10)5-8-11(13)14;/h3-4,6-7H,5,8H2,1-2H3,(H,13,14);1H. The highest BCUT2D eigenvalue weighted by molar-refractivity contribution is 5.85. The number of halogens is 1. The number of anilines is 1. The molecule has 0 bridgehead atoms. The average molecular weight is 230 g/mol. The minimum Gasteiger partial charge on any atom is -0.481 e. The van der Waals surface area contributed by atoms with Crippen LogP contribution in [0.2, 0.25) is 0 Å². The molecule has 0 aromatic heterocycles. The van der Waals surface area contributed by atoms with Crippen molar-refractivity contribution >= 4 is 24.1 Å². The number of nitrogens with zero attached hydrogens (tertiary/aromatic N) is 1. The van der Waals surface area contributed by atoms with E-state index in [-0.39, 0.29) is 18.8 Å². The van der Waals surface area contributed by atoms with Gasteiger partial charge in [0.1, 0.15) is 0 Å². The lowest BCUT2D eigenvalue weighted by atomic mass is 10.1. The predicted octanol–water partition coefficient (Wildman–Crippen LogP) is 2.19. The molecule has 0 heterocycles. The smallest absolute Gasteiger partial charge is 0.303 e. The lowest BCUT2D eigenvalue weighted by Gasteiger charge is -2.12. The monoisotopic (exact) mass is 229 g/mol. The Labute approximate surface area is 96.1 Å². The van der Waals surface area contributed by atoms with Gasteiger partial charge in [0.05, 0.1) is 0 Å². The number of hydrogen-bond acceptors (Lipinski definition) is 2. The minimum absolute atomic E-state index is 0. The van der Waals surface area contributed by atoms with E-state index in [2.05, 4.69) is 0 Å². The van der Waals surface area contributed by atoms with Gasteiger partial charge in [-0.1, -0.05) is 12.1 Å². The number of aryl methyl sites for hydroxylation is 1. The quantitative estimate of drug-likeness (QED) is 0.861. The second-order valence-electron chi connectivity index (χ2n) is 3.45.